The van der Waals surface area contributed by atoms with Gasteiger partial charge in [0.25, 0.3) is 0 Å². The fourth-order valence-corrected chi connectivity index (χ4v) is 7.46. The summed E-state index contributed by atoms with van der Waals surface area (Å²) in [6.45, 7) is 3.88. The summed E-state index contributed by atoms with van der Waals surface area (Å²) in [6.07, 6.45) is -0.473. The molecule has 1 fully saturated rings. The SMILES string of the molecule is CC(C)C[C@H](N)C(=O)N[C@@H](Cc1ccccc1)C(=O)N[C@@H](CCC(N)=O)C(=O)N1CCC[C@H]1C(=O)N[C@@H](CCC(N)=O)C(=O)N[C@@H](CCCN=C(N)N)C(=O)N[C@@H](Cc1ccccc1)C(=O)O. The summed E-state index contributed by atoms with van der Waals surface area (Å²) in [4.78, 5) is 124. The Morgan fingerprint density at radius 3 is 1.66 bits per heavy atom. The van der Waals surface area contributed by atoms with Crippen LogP contribution in [0.15, 0.2) is 65.7 Å². The number of benzene rings is 2. The number of guanidine groups is 1. The smallest absolute Gasteiger partial charge is 0.326 e. The molecule has 22 nitrogen and oxygen atoms in total. The standard InChI is InChI=1S/C45H66N12O10/c1-26(2)23-29(46)38(60)55-33(24-27-11-5-3-6-12-27)41(63)54-32(18-20-37(48)59)43(65)57-22-10-16-35(57)42(64)53-31(17-19-36(47)58)40(62)52-30(15-9-21-51-45(49)50)39(61)56-34(44(66)67)25-28-13-7-4-8-14-28/h3-8,11-14,26,29-35H,9-10,15-25,46H2,1-2H3,(H2,47,58)(H2,48,59)(H,52,62)(H,53,64)(H,54,63)(H,55,60)(H,56,61)(H,66,67)(H4,49,50,51)/t29-,30-,31-,32-,33-,34-,35-/m0/s1. The number of carboxylic acid groups (broad SMARTS) is 1. The van der Waals surface area contributed by atoms with Gasteiger partial charge in [-0.15, -0.1) is 0 Å². The molecule has 67 heavy (non-hydrogen) atoms. The third-order valence-corrected chi connectivity index (χ3v) is 10.9. The molecule has 0 aromatic heterocycles. The van der Waals surface area contributed by atoms with Crippen molar-refractivity contribution in [2.45, 2.75) is 127 Å². The van der Waals surface area contributed by atoms with Crippen LogP contribution in [0.5, 0.6) is 0 Å². The van der Waals surface area contributed by atoms with E-state index in [1.54, 1.807) is 60.7 Å². The van der Waals surface area contributed by atoms with Crippen LogP contribution in [0.3, 0.4) is 0 Å². The van der Waals surface area contributed by atoms with Gasteiger partial charge in [0.2, 0.25) is 47.3 Å². The van der Waals surface area contributed by atoms with Crippen LogP contribution in [0.2, 0.25) is 0 Å². The van der Waals surface area contributed by atoms with Gasteiger partial charge >= 0.3 is 5.97 Å². The molecule has 0 unspecified atom stereocenters. The average Bonchev–Trinajstić information content (AvgIpc) is 3.77. The summed E-state index contributed by atoms with van der Waals surface area (Å²) < 4.78 is 0. The van der Waals surface area contributed by atoms with Gasteiger partial charge < -0.3 is 65.3 Å². The minimum absolute atomic E-state index is 0.0274. The molecule has 1 saturated heterocycles. The highest BCUT2D eigenvalue weighted by molar-refractivity contribution is 5.97. The minimum atomic E-state index is -1.49. The van der Waals surface area contributed by atoms with Crippen molar-refractivity contribution >= 4 is 59.2 Å². The number of carboxylic acids is 1. The second-order valence-corrected chi connectivity index (χ2v) is 16.9. The van der Waals surface area contributed by atoms with E-state index in [-0.39, 0.29) is 82.8 Å². The second-order valence-electron chi connectivity index (χ2n) is 16.9. The Hall–Kier alpha value is -7.10. The summed E-state index contributed by atoms with van der Waals surface area (Å²) in [5, 5.41) is 22.9. The van der Waals surface area contributed by atoms with Gasteiger partial charge in [0.05, 0.1) is 6.04 Å². The highest BCUT2D eigenvalue weighted by atomic mass is 16.4. The van der Waals surface area contributed by atoms with Gasteiger partial charge in [-0.3, -0.25) is 43.3 Å². The van der Waals surface area contributed by atoms with E-state index in [0.717, 1.165) is 0 Å². The summed E-state index contributed by atoms with van der Waals surface area (Å²) in [5.74, 6) is -7.72. The molecule has 0 aliphatic carbocycles. The van der Waals surface area contributed by atoms with Gasteiger partial charge in [-0.1, -0.05) is 74.5 Å². The molecule has 0 radical (unpaired) electrons. The number of primary amides is 2. The Balaban J connectivity index is 1.86. The van der Waals surface area contributed by atoms with Crippen molar-refractivity contribution in [1.29, 1.82) is 0 Å². The summed E-state index contributed by atoms with van der Waals surface area (Å²) in [5.41, 5.74) is 29.2. The van der Waals surface area contributed by atoms with E-state index in [9.17, 15) is 48.3 Å². The number of nitrogens with zero attached hydrogens (tertiary/aromatic N) is 2. The third-order valence-electron chi connectivity index (χ3n) is 10.9. The number of aliphatic carboxylic acids is 1. The van der Waals surface area contributed by atoms with Crippen LogP contribution >= 0.6 is 0 Å². The van der Waals surface area contributed by atoms with Crippen molar-refractivity contribution in [1.82, 2.24) is 31.5 Å². The fourth-order valence-electron chi connectivity index (χ4n) is 7.46. The Labute approximate surface area is 389 Å². The first-order valence-electron chi connectivity index (χ1n) is 22.3. The van der Waals surface area contributed by atoms with Gasteiger partial charge in [0.15, 0.2) is 5.96 Å². The molecule has 2 aromatic rings. The van der Waals surface area contributed by atoms with Gasteiger partial charge in [0, 0.05) is 38.8 Å². The van der Waals surface area contributed by atoms with E-state index in [0.29, 0.717) is 24.0 Å². The molecular weight excluding hydrogens is 869 g/mol. The van der Waals surface area contributed by atoms with Crippen molar-refractivity contribution in [3.05, 3.63) is 71.8 Å². The largest absolute Gasteiger partial charge is 0.480 e. The summed E-state index contributed by atoms with van der Waals surface area (Å²) >= 11 is 0. The first kappa shape index (κ1) is 54.2. The lowest BCUT2D eigenvalue weighted by atomic mass is 10.0. The predicted octanol–water partition coefficient (Wildman–Crippen LogP) is -2.07. The molecule has 0 bridgehead atoms. The lowest BCUT2D eigenvalue weighted by Gasteiger charge is -2.31. The van der Waals surface area contributed by atoms with Gasteiger partial charge in [-0.25, -0.2) is 4.79 Å². The average molecular weight is 935 g/mol. The van der Waals surface area contributed by atoms with Crippen molar-refractivity contribution in [2.24, 2.45) is 39.6 Å². The first-order valence-corrected chi connectivity index (χ1v) is 22.3. The molecule has 7 atom stereocenters. The maximum absolute atomic E-state index is 14.3. The highest BCUT2D eigenvalue weighted by Gasteiger charge is 2.40. The maximum Gasteiger partial charge on any atom is 0.326 e. The molecule has 22 heteroatoms. The van der Waals surface area contributed by atoms with E-state index in [2.05, 4.69) is 31.6 Å². The van der Waals surface area contributed by atoms with Crippen molar-refractivity contribution in [3.8, 4) is 0 Å². The van der Waals surface area contributed by atoms with Crippen LogP contribution in [0, 0.1) is 5.92 Å². The Morgan fingerprint density at radius 2 is 1.13 bits per heavy atom. The Morgan fingerprint density at radius 1 is 0.657 bits per heavy atom. The molecule has 1 heterocycles. The van der Waals surface area contributed by atoms with E-state index in [1.807, 2.05) is 13.8 Å². The molecular formula is C45H66N12O10. The lowest BCUT2D eigenvalue weighted by molar-refractivity contribution is -0.143. The monoisotopic (exact) mass is 935 g/mol. The van der Waals surface area contributed by atoms with Crippen molar-refractivity contribution in [3.63, 3.8) is 0 Å². The van der Waals surface area contributed by atoms with Crippen LogP contribution < -0.4 is 55.3 Å². The molecule has 1 aliphatic heterocycles. The molecule has 2 aromatic carbocycles. The number of rotatable bonds is 28. The zero-order valence-electron chi connectivity index (χ0n) is 38.0. The van der Waals surface area contributed by atoms with Crippen molar-refractivity contribution in [2.75, 3.05) is 13.1 Å². The molecule has 16 N–H and O–H groups in total. The molecule has 366 valence electrons. The predicted molar refractivity (Wildman–Crippen MR) is 247 cm³/mol. The number of likely N-dealkylation sites (tertiary alicyclic amines) is 1. The number of carbonyl (C=O) groups excluding carboxylic acids is 8. The van der Waals surface area contributed by atoms with E-state index in [1.165, 1.54) is 4.90 Å². The van der Waals surface area contributed by atoms with Crippen LogP contribution in [-0.4, -0.2) is 125 Å². The number of carbonyl (C=O) groups is 9. The Bertz CT molecular complexity index is 2050. The van der Waals surface area contributed by atoms with Crippen LogP contribution in [0.25, 0.3) is 0 Å². The number of aliphatic imine (C=N–C) groups is 1. The van der Waals surface area contributed by atoms with Crippen LogP contribution in [0.4, 0.5) is 0 Å². The van der Waals surface area contributed by atoms with Gasteiger partial charge in [0.1, 0.15) is 36.3 Å². The minimum Gasteiger partial charge on any atom is -0.480 e. The molecule has 8 amide bonds. The van der Waals surface area contributed by atoms with Gasteiger partial charge in [-0.05, 0) is 62.0 Å². The van der Waals surface area contributed by atoms with Crippen molar-refractivity contribution < 1.29 is 48.3 Å². The number of nitrogens with one attached hydrogen (secondary N) is 5. The lowest BCUT2D eigenvalue weighted by Crippen LogP contribution is -2.60. The van der Waals surface area contributed by atoms with E-state index in [4.69, 9.17) is 28.7 Å². The summed E-state index contributed by atoms with van der Waals surface area (Å²) in [7, 11) is 0. The highest BCUT2D eigenvalue weighted by Crippen LogP contribution is 2.21. The number of hydrogen-bond acceptors (Lipinski definition) is 11. The third kappa shape index (κ3) is 19.1. The zero-order valence-corrected chi connectivity index (χ0v) is 38.0. The zero-order chi connectivity index (χ0) is 49.6. The van der Waals surface area contributed by atoms with E-state index >= 15 is 0 Å². The number of amides is 8. The first-order chi connectivity index (χ1) is 31.7. The van der Waals surface area contributed by atoms with Crippen LogP contribution in [-0.2, 0) is 56.0 Å². The Kier molecular flexibility index (Phi) is 22.2. The summed E-state index contributed by atoms with van der Waals surface area (Å²) in [6, 6.07) is 8.40. The van der Waals surface area contributed by atoms with Gasteiger partial charge in [-0.2, -0.15) is 0 Å². The van der Waals surface area contributed by atoms with Crippen LogP contribution in [0.1, 0.15) is 82.8 Å². The molecule has 0 saturated carbocycles. The quantitative estimate of drug-likeness (QED) is 0.0249. The second kappa shape index (κ2) is 27.4. The number of nitrogens with two attached hydrogens (primary N) is 5. The molecule has 0 spiro atoms. The topological polar surface area (TPSA) is 380 Å². The fraction of sp³-hybridized carbons (Fsp3) is 0.511. The van der Waals surface area contributed by atoms with E-state index < -0.39 is 95.5 Å². The molecule has 1 aliphatic rings. The maximum atomic E-state index is 14.3. The number of hydrogen-bond donors (Lipinski definition) is 11. The normalized spacial score (nSPS) is 15.9. The molecule has 3 rings (SSSR count).